The van der Waals surface area contributed by atoms with Gasteiger partial charge < -0.3 is 20.5 Å². The molecule has 22 heavy (non-hydrogen) atoms. The van der Waals surface area contributed by atoms with Crippen molar-refractivity contribution in [1.29, 1.82) is 0 Å². The monoisotopic (exact) mass is 318 g/mol. The van der Waals surface area contributed by atoms with E-state index in [0.717, 1.165) is 24.8 Å². The SMILES string of the molecule is COc1ccc(NC(=O)c2c(N)sc3c2CCC3)c(OC)c1. The molecule has 0 saturated carbocycles. The molecule has 0 radical (unpaired) electrons. The number of carbonyl (C=O) groups is 1. The second-order valence-corrected chi connectivity index (χ2v) is 6.25. The average molecular weight is 318 g/mol. The van der Waals surface area contributed by atoms with Gasteiger partial charge in [-0.3, -0.25) is 4.79 Å². The number of fused-ring (bicyclic) bond motifs is 1. The molecule has 1 amide bonds. The van der Waals surface area contributed by atoms with E-state index in [1.54, 1.807) is 32.4 Å². The molecule has 1 heterocycles. The molecule has 116 valence electrons. The first-order chi connectivity index (χ1) is 10.6. The highest BCUT2D eigenvalue weighted by Crippen LogP contribution is 2.38. The molecule has 0 bridgehead atoms. The number of carbonyl (C=O) groups excluding carboxylic acids is 1. The van der Waals surface area contributed by atoms with Crippen molar-refractivity contribution in [2.24, 2.45) is 0 Å². The van der Waals surface area contributed by atoms with Crippen molar-refractivity contribution >= 4 is 27.9 Å². The van der Waals surface area contributed by atoms with Crippen LogP contribution in [-0.4, -0.2) is 20.1 Å². The lowest BCUT2D eigenvalue weighted by Crippen LogP contribution is -2.15. The van der Waals surface area contributed by atoms with Gasteiger partial charge in [-0.15, -0.1) is 11.3 Å². The quantitative estimate of drug-likeness (QED) is 0.908. The maximum absolute atomic E-state index is 12.6. The Morgan fingerprint density at radius 1 is 1.27 bits per heavy atom. The third-order valence-electron chi connectivity index (χ3n) is 3.83. The summed E-state index contributed by atoms with van der Waals surface area (Å²) in [4.78, 5) is 13.8. The molecule has 0 unspecified atom stereocenters. The molecule has 0 spiro atoms. The maximum Gasteiger partial charge on any atom is 0.259 e. The summed E-state index contributed by atoms with van der Waals surface area (Å²) in [5.41, 5.74) is 8.36. The van der Waals surface area contributed by atoms with E-state index >= 15 is 0 Å². The van der Waals surface area contributed by atoms with Gasteiger partial charge in [0.1, 0.15) is 11.5 Å². The number of aryl methyl sites for hydroxylation is 1. The molecule has 0 saturated heterocycles. The summed E-state index contributed by atoms with van der Waals surface area (Å²) in [5.74, 6) is 1.05. The van der Waals surface area contributed by atoms with Crippen LogP contribution in [0.3, 0.4) is 0 Å². The van der Waals surface area contributed by atoms with Crippen molar-refractivity contribution in [1.82, 2.24) is 0 Å². The summed E-state index contributed by atoms with van der Waals surface area (Å²) >= 11 is 1.52. The first kappa shape index (κ1) is 14.7. The molecule has 6 heteroatoms. The molecule has 3 rings (SSSR count). The first-order valence-electron chi connectivity index (χ1n) is 7.07. The Balaban J connectivity index is 1.89. The van der Waals surface area contributed by atoms with E-state index in [0.29, 0.717) is 27.8 Å². The topological polar surface area (TPSA) is 73.6 Å². The largest absolute Gasteiger partial charge is 0.497 e. The number of nitrogens with two attached hydrogens (primary N) is 1. The molecule has 1 aromatic carbocycles. The Kier molecular flexibility index (Phi) is 3.94. The zero-order valence-corrected chi connectivity index (χ0v) is 13.4. The van der Waals surface area contributed by atoms with Gasteiger partial charge in [0.2, 0.25) is 0 Å². The summed E-state index contributed by atoms with van der Waals surface area (Å²) in [6, 6.07) is 5.27. The van der Waals surface area contributed by atoms with Crippen molar-refractivity contribution in [2.45, 2.75) is 19.3 Å². The summed E-state index contributed by atoms with van der Waals surface area (Å²) in [6.45, 7) is 0. The van der Waals surface area contributed by atoms with Crippen LogP contribution < -0.4 is 20.5 Å². The number of nitrogen functional groups attached to an aromatic ring is 1. The lowest BCUT2D eigenvalue weighted by Gasteiger charge is -2.12. The highest BCUT2D eigenvalue weighted by molar-refractivity contribution is 7.16. The van der Waals surface area contributed by atoms with Crippen LogP contribution in [0.5, 0.6) is 11.5 Å². The Hall–Kier alpha value is -2.21. The minimum Gasteiger partial charge on any atom is -0.497 e. The lowest BCUT2D eigenvalue weighted by molar-refractivity contribution is 0.102. The van der Waals surface area contributed by atoms with E-state index in [-0.39, 0.29) is 5.91 Å². The molecule has 1 aliphatic rings. The third kappa shape index (κ3) is 2.50. The first-order valence-corrected chi connectivity index (χ1v) is 7.89. The van der Waals surface area contributed by atoms with E-state index in [1.165, 1.54) is 16.2 Å². The molecule has 0 fully saturated rings. The molecular formula is C16H18N2O3S. The van der Waals surface area contributed by atoms with Crippen LogP contribution in [0.4, 0.5) is 10.7 Å². The van der Waals surface area contributed by atoms with Crippen molar-refractivity contribution in [3.8, 4) is 11.5 Å². The molecule has 5 nitrogen and oxygen atoms in total. The molecule has 0 atom stereocenters. The Morgan fingerprint density at radius 2 is 2.09 bits per heavy atom. The van der Waals surface area contributed by atoms with Crippen LogP contribution in [0.2, 0.25) is 0 Å². The minimum absolute atomic E-state index is 0.180. The number of benzene rings is 1. The Labute approximate surface area is 133 Å². The van der Waals surface area contributed by atoms with E-state index < -0.39 is 0 Å². The van der Waals surface area contributed by atoms with Gasteiger partial charge in [-0.25, -0.2) is 0 Å². The molecular weight excluding hydrogens is 300 g/mol. The van der Waals surface area contributed by atoms with Crippen LogP contribution in [-0.2, 0) is 12.8 Å². The van der Waals surface area contributed by atoms with Crippen molar-refractivity contribution in [3.63, 3.8) is 0 Å². The van der Waals surface area contributed by atoms with Crippen molar-refractivity contribution in [3.05, 3.63) is 34.2 Å². The number of anilines is 2. The Morgan fingerprint density at radius 3 is 2.82 bits per heavy atom. The molecule has 2 aromatic rings. The normalized spacial score (nSPS) is 12.8. The fourth-order valence-corrected chi connectivity index (χ4v) is 3.92. The smallest absolute Gasteiger partial charge is 0.259 e. The zero-order valence-electron chi connectivity index (χ0n) is 12.6. The summed E-state index contributed by atoms with van der Waals surface area (Å²) in [7, 11) is 3.14. The fraction of sp³-hybridized carbons (Fsp3) is 0.312. The van der Waals surface area contributed by atoms with Crippen LogP contribution in [0.1, 0.15) is 27.2 Å². The minimum atomic E-state index is -0.180. The van der Waals surface area contributed by atoms with Crippen LogP contribution in [0.15, 0.2) is 18.2 Å². The number of thiophene rings is 1. The number of amides is 1. The number of rotatable bonds is 4. The van der Waals surface area contributed by atoms with Gasteiger partial charge in [0.25, 0.3) is 5.91 Å². The van der Waals surface area contributed by atoms with Gasteiger partial charge in [0.05, 0.1) is 30.5 Å². The van der Waals surface area contributed by atoms with Crippen LogP contribution in [0.25, 0.3) is 0 Å². The highest BCUT2D eigenvalue weighted by Gasteiger charge is 2.25. The summed E-state index contributed by atoms with van der Waals surface area (Å²) in [5, 5.41) is 3.49. The Bertz CT molecular complexity index is 724. The number of ether oxygens (including phenoxy) is 2. The van der Waals surface area contributed by atoms with Gasteiger partial charge in [0.15, 0.2) is 0 Å². The standard InChI is InChI=1S/C16H18N2O3S/c1-20-9-6-7-11(12(8-9)21-2)18-16(19)14-10-4-3-5-13(10)22-15(14)17/h6-8H,3-5,17H2,1-2H3,(H,18,19). The van der Waals surface area contributed by atoms with E-state index in [2.05, 4.69) is 5.32 Å². The maximum atomic E-state index is 12.6. The second-order valence-electron chi connectivity index (χ2n) is 5.12. The third-order valence-corrected chi connectivity index (χ3v) is 4.95. The van der Waals surface area contributed by atoms with E-state index in [1.807, 2.05) is 0 Å². The highest BCUT2D eigenvalue weighted by atomic mass is 32.1. The predicted molar refractivity (Wildman–Crippen MR) is 88.3 cm³/mol. The second kappa shape index (κ2) is 5.88. The molecule has 3 N–H and O–H groups in total. The number of hydrogen-bond donors (Lipinski definition) is 2. The van der Waals surface area contributed by atoms with Crippen molar-refractivity contribution in [2.75, 3.05) is 25.3 Å². The number of nitrogens with one attached hydrogen (secondary N) is 1. The van der Waals surface area contributed by atoms with Crippen LogP contribution >= 0.6 is 11.3 Å². The zero-order chi connectivity index (χ0) is 15.7. The lowest BCUT2D eigenvalue weighted by atomic mass is 10.1. The predicted octanol–water partition coefficient (Wildman–Crippen LogP) is 3.09. The van der Waals surface area contributed by atoms with Gasteiger partial charge in [0, 0.05) is 10.9 Å². The van der Waals surface area contributed by atoms with Gasteiger partial charge in [-0.1, -0.05) is 0 Å². The van der Waals surface area contributed by atoms with Gasteiger partial charge in [-0.2, -0.15) is 0 Å². The molecule has 1 aromatic heterocycles. The van der Waals surface area contributed by atoms with E-state index in [9.17, 15) is 4.79 Å². The summed E-state index contributed by atoms with van der Waals surface area (Å²) < 4.78 is 10.5. The van der Waals surface area contributed by atoms with Crippen molar-refractivity contribution < 1.29 is 14.3 Å². The number of methoxy groups -OCH3 is 2. The average Bonchev–Trinajstić information content (AvgIpc) is 3.07. The van der Waals surface area contributed by atoms with Gasteiger partial charge in [-0.05, 0) is 37.0 Å². The van der Waals surface area contributed by atoms with Gasteiger partial charge >= 0.3 is 0 Å². The van der Waals surface area contributed by atoms with E-state index in [4.69, 9.17) is 15.2 Å². The molecule has 1 aliphatic carbocycles. The fourth-order valence-electron chi connectivity index (χ4n) is 2.76. The summed E-state index contributed by atoms with van der Waals surface area (Å²) in [6.07, 6.45) is 3.03. The number of hydrogen-bond acceptors (Lipinski definition) is 5. The van der Waals surface area contributed by atoms with Crippen LogP contribution in [0, 0.1) is 0 Å². The molecule has 0 aliphatic heterocycles.